The number of aryl methyl sites for hydroxylation is 1. The molecule has 2 heterocycles. The molecule has 0 saturated carbocycles. The van der Waals surface area contributed by atoms with E-state index in [1.807, 2.05) is 16.9 Å². The Balaban J connectivity index is 1.61. The molecule has 0 spiro atoms. The zero-order valence-electron chi connectivity index (χ0n) is 11.3. The molecule has 0 amide bonds. The van der Waals surface area contributed by atoms with Crippen molar-refractivity contribution in [2.75, 3.05) is 17.2 Å². The van der Waals surface area contributed by atoms with Gasteiger partial charge in [0, 0.05) is 31.0 Å². The van der Waals surface area contributed by atoms with Gasteiger partial charge in [0.05, 0.1) is 0 Å². The molecule has 0 fully saturated rings. The topological polar surface area (TPSA) is 47.1 Å². The molecule has 2 aromatic rings. The molecule has 0 aliphatic carbocycles. The van der Waals surface area contributed by atoms with Gasteiger partial charge in [-0.05, 0) is 37.5 Å². The lowest BCUT2D eigenvalue weighted by atomic mass is 10.1. The molecule has 2 N–H and O–H groups in total. The summed E-state index contributed by atoms with van der Waals surface area (Å²) >= 11 is 0. The first-order chi connectivity index (χ1) is 9.24. The van der Waals surface area contributed by atoms with Gasteiger partial charge in [-0.25, -0.2) is 0 Å². The summed E-state index contributed by atoms with van der Waals surface area (Å²) in [6, 6.07) is 11.2. The minimum absolute atomic E-state index is 0.597. The standard InChI is InChI=1S/C15H20N4/c1-12-11-13-5-2-3-6-14(13)19(12)9-4-8-18-10-7-15(16)17-18/h2-3,5-7,10,12H,4,8-9,11H2,1H3,(H2,16,17). The Morgan fingerprint density at radius 2 is 2.11 bits per heavy atom. The van der Waals surface area contributed by atoms with E-state index in [1.165, 1.54) is 11.3 Å². The Kier molecular flexibility index (Phi) is 3.15. The zero-order valence-corrected chi connectivity index (χ0v) is 11.3. The van der Waals surface area contributed by atoms with Crippen molar-refractivity contribution in [3.63, 3.8) is 0 Å². The zero-order chi connectivity index (χ0) is 13.2. The lowest BCUT2D eigenvalue weighted by Gasteiger charge is -2.24. The lowest BCUT2D eigenvalue weighted by Crippen LogP contribution is -2.30. The molecule has 1 aliphatic rings. The molecular weight excluding hydrogens is 236 g/mol. The van der Waals surface area contributed by atoms with E-state index < -0.39 is 0 Å². The number of benzene rings is 1. The van der Waals surface area contributed by atoms with Crippen LogP contribution in [0.1, 0.15) is 18.9 Å². The van der Waals surface area contributed by atoms with E-state index in [0.717, 1.165) is 25.9 Å². The maximum Gasteiger partial charge on any atom is 0.145 e. The maximum absolute atomic E-state index is 5.62. The predicted molar refractivity (Wildman–Crippen MR) is 78.2 cm³/mol. The Labute approximate surface area is 113 Å². The summed E-state index contributed by atoms with van der Waals surface area (Å²) in [5.41, 5.74) is 8.48. The van der Waals surface area contributed by atoms with Crippen molar-refractivity contribution in [2.24, 2.45) is 0 Å². The number of hydrogen-bond acceptors (Lipinski definition) is 3. The van der Waals surface area contributed by atoms with E-state index in [0.29, 0.717) is 11.9 Å². The first-order valence-electron chi connectivity index (χ1n) is 6.87. The van der Waals surface area contributed by atoms with E-state index in [4.69, 9.17) is 5.73 Å². The van der Waals surface area contributed by atoms with Crippen molar-refractivity contribution in [3.05, 3.63) is 42.1 Å². The van der Waals surface area contributed by atoms with Crippen molar-refractivity contribution < 1.29 is 0 Å². The minimum Gasteiger partial charge on any atom is -0.382 e. The molecule has 4 nitrogen and oxygen atoms in total. The number of nitrogen functional groups attached to an aromatic ring is 1. The van der Waals surface area contributed by atoms with Crippen molar-refractivity contribution in [3.8, 4) is 0 Å². The molecule has 100 valence electrons. The SMILES string of the molecule is CC1Cc2ccccc2N1CCCn1ccc(N)n1. The summed E-state index contributed by atoms with van der Waals surface area (Å²) in [5, 5.41) is 4.21. The molecule has 3 rings (SSSR count). The van der Waals surface area contributed by atoms with Gasteiger partial charge in [-0.1, -0.05) is 18.2 Å². The monoisotopic (exact) mass is 256 g/mol. The van der Waals surface area contributed by atoms with Crippen molar-refractivity contribution in [1.82, 2.24) is 9.78 Å². The van der Waals surface area contributed by atoms with Crippen LogP contribution in [0, 0.1) is 0 Å². The van der Waals surface area contributed by atoms with Gasteiger partial charge in [0.25, 0.3) is 0 Å². The fourth-order valence-corrected chi connectivity index (χ4v) is 2.88. The molecule has 0 radical (unpaired) electrons. The van der Waals surface area contributed by atoms with Gasteiger partial charge < -0.3 is 10.6 Å². The van der Waals surface area contributed by atoms with Gasteiger partial charge in [0.2, 0.25) is 0 Å². The Bertz CT molecular complexity index is 561. The first-order valence-corrected chi connectivity index (χ1v) is 6.87. The fourth-order valence-electron chi connectivity index (χ4n) is 2.88. The second-order valence-corrected chi connectivity index (χ2v) is 5.23. The van der Waals surface area contributed by atoms with Crippen LogP contribution in [0.4, 0.5) is 11.5 Å². The number of fused-ring (bicyclic) bond motifs is 1. The van der Waals surface area contributed by atoms with Crippen LogP contribution in [0.3, 0.4) is 0 Å². The van der Waals surface area contributed by atoms with Crippen LogP contribution >= 0.6 is 0 Å². The van der Waals surface area contributed by atoms with E-state index in [9.17, 15) is 0 Å². The molecule has 4 heteroatoms. The van der Waals surface area contributed by atoms with Crippen LogP contribution in [-0.4, -0.2) is 22.4 Å². The number of hydrogen-bond donors (Lipinski definition) is 1. The second kappa shape index (κ2) is 4.96. The summed E-state index contributed by atoms with van der Waals surface area (Å²) in [6.45, 7) is 4.28. The van der Waals surface area contributed by atoms with Crippen LogP contribution in [0.2, 0.25) is 0 Å². The summed E-state index contributed by atoms with van der Waals surface area (Å²) in [6.07, 6.45) is 4.18. The Morgan fingerprint density at radius 3 is 2.89 bits per heavy atom. The van der Waals surface area contributed by atoms with Crippen molar-refractivity contribution >= 4 is 11.5 Å². The first kappa shape index (κ1) is 12.1. The fraction of sp³-hybridized carbons (Fsp3) is 0.400. The Hall–Kier alpha value is -1.97. The third-order valence-corrected chi connectivity index (χ3v) is 3.80. The Morgan fingerprint density at radius 1 is 1.26 bits per heavy atom. The predicted octanol–water partition coefficient (Wildman–Crippen LogP) is 2.31. The summed E-state index contributed by atoms with van der Waals surface area (Å²) < 4.78 is 1.92. The highest BCUT2D eigenvalue weighted by Crippen LogP contribution is 2.31. The number of nitrogens with zero attached hydrogens (tertiary/aromatic N) is 3. The maximum atomic E-state index is 5.62. The molecule has 0 bridgehead atoms. The third-order valence-electron chi connectivity index (χ3n) is 3.80. The average molecular weight is 256 g/mol. The molecule has 1 aromatic heterocycles. The molecule has 1 aromatic carbocycles. The molecule has 0 saturated heterocycles. The van der Waals surface area contributed by atoms with Crippen LogP contribution in [0.25, 0.3) is 0 Å². The normalized spacial score (nSPS) is 17.7. The molecule has 19 heavy (non-hydrogen) atoms. The van der Waals surface area contributed by atoms with Crippen LogP contribution < -0.4 is 10.6 Å². The highest BCUT2D eigenvalue weighted by Gasteiger charge is 2.24. The van der Waals surface area contributed by atoms with Gasteiger partial charge >= 0.3 is 0 Å². The van der Waals surface area contributed by atoms with E-state index >= 15 is 0 Å². The van der Waals surface area contributed by atoms with Crippen molar-refractivity contribution in [2.45, 2.75) is 32.4 Å². The second-order valence-electron chi connectivity index (χ2n) is 5.23. The van der Waals surface area contributed by atoms with Gasteiger partial charge in [-0.2, -0.15) is 5.10 Å². The number of para-hydroxylation sites is 1. The molecular formula is C15H20N4. The summed E-state index contributed by atoms with van der Waals surface area (Å²) in [7, 11) is 0. The highest BCUT2D eigenvalue weighted by molar-refractivity contribution is 5.59. The van der Waals surface area contributed by atoms with Crippen molar-refractivity contribution in [1.29, 1.82) is 0 Å². The third kappa shape index (κ3) is 2.43. The lowest BCUT2D eigenvalue weighted by molar-refractivity contribution is 0.555. The van der Waals surface area contributed by atoms with Crippen LogP contribution in [-0.2, 0) is 13.0 Å². The van der Waals surface area contributed by atoms with Gasteiger partial charge in [-0.3, -0.25) is 4.68 Å². The molecule has 1 unspecified atom stereocenters. The minimum atomic E-state index is 0.597. The summed E-state index contributed by atoms with van der Waals surface area (Å²) in [4.78, 5) is 2.50. The summed E-state index contributed by atoms with van der Waals surface area (Å²) in [5.74, 6) is 0.597. The molecule has 1 atom stereocenters. The largest absolute Gasteiger partial charge is 0.382 e. The van der Waals surface area contributed by atoms with E-state index in [-0.39, 0.29) is 0 Å². The highest BCUT2D eigenvalue weighted by atomic mass is 15.3. The van der Waals surface area contributed by atoms with Gasteiger partial charge in [0.1, 0.15) is 5.82 Å². The number of aromatic nitrogens is 2. The smallest absolute Gasteiger partial charge is 0.145 e. The van der Waals surface area contributed by atoms with Gasteiger partial charge in [-0.15, -0.1) is 0 Å². The average Bonchev–Trinajstić information content (AvgIpc) is 2.94. The van der Waals surface area contributed by atoms with Gasteiger partial charge in [0.15, 0.2) is 0 Å². The van der Waals surface area contributed by atoms with E-state index in [2.05, 4.69) is 41.2 Å². The van der Waals surface area contributed by atoms with Crippen LogP contribution in [0.5, 0.6) is 0 Å². The van der Waals surface area contributed by atoms with Crippen LogP contribution in [0.15, 0.2) is 36.5 Å². The molecule has 1 aliphatic heterocycles. The number of rotatable bonds is 4. The van der Waals surface area contributed by atoms with E-state index in [1.54, 1.807) is 0 Å². The quantitative estimate of drug-likeness (QED) is 0.913. The number of nitrogens with two attached hydrogens (primary N) is 1. The number of anilines is 2.